The van der Waals surface area contributed by atoms with Gasteiger partial charge in [-0.25, -0.2) is 9.97 Å². The van der Waals surface area contributed by atoms with Crippen LogP contribution >= 0.6 is 0 Å². The normalized spacial score (nSPS) is 30.0. The fraction of sp³-hybridized carbons (Fsp3) is 0.656. The summed E-state index contributed by atoms with van der Waals surface area (Å²) in [7, 11) is 6.24. The van der Waals surface area contributed by atoms with Crippen LogP contribution in [0.25, 0.3) is 0 Å². The van der Waals surface area contributed by atoms with Crippen molar-refractivity contribution in [1.82, 2.24) is 19.8 Å². The molecule has 40 heavy (non-hydrogen) atoms. The number of ether oxygens (including phenoxy) is 1. The zero-order chi connectivity index (χ0) is 28.3. The number of likely N-dealkylation sites (tertiary alicyclic amines) is 1. The van der Waals surface area contributed by atoms with Crippen molar-refractivity contribution in [3.63, 3.8) is 0 Å². The molecule has 5 rings (SSSR count). The Morgan fingerprint density at radius 3 is 2.70 bits per heavy atom. The number of likely N-dealkylation sites (N-methyl/N-ethyl adjacent to an activating group) is 1. The zero-order valence-corrected chi connectivity index (χ0v) is 25.7. The van der Waals surface area contributed by atoms with Crippen LogP contribution in [0.1, 0.15) is 82.0 Å². The molecule has 0 bridgehead atoms. The summed E-state index contributed by atoms with van der Waals surface area (Å²) >= 11 is 0. The number of aromatic nitrogens is 2. The highest BCUT2D eigenvalue weighted by atomic mass is 28.1. The highest BCUT2D eigenvalue weighted by Gasteiger charge is 2.48. The molecule has 215 valence electrons. The van der Waals surface area contributed by atoms with Crippen LogP contribution in [0.5, 0.6) is 0 Å². The number of carbonyl (C=O) groups is 1. The maximum Gasteiger partial charge on any atom is 0.226 e. The molecule has 2 aromatic rings. The van der Waals surface area contributed by atoms with Crippen molar-refractivity contribution >= 4 is 22.1 Å². The highest BCUT2D eigenvalue weighted by molar-refractivity contribution is 6.29. The van der Waals surface area contributed by atoms with E-state index in [1.807, 2.05) is 17.2 Å². The monoisotopic (exact) mass is 560 g/mol. The Morgan fingerprint density at radius 1 is 1.23 bits per heavy atom. The molecule has 3 aliphatic rings. The Bertz CT molecular complexity index is 1140. The Labute approximate surface area is 243 Å². The SMILES string of the molecule is CCC(C)COC1CCC(Nc2ncc3c(n2)CN(C(=O)[C@]2([Si])CCN(C)C[C@@H]2c2ccccc2)[C@H](C)C3)CC1. The van der Waals surface area contributed by atoms with Crippen molar-refractivity contribution < 1.29 is 9.53 Å². The molecule has 8 heteroatoms. The van der Waals surface area contributed by atoms with Gasteiger partial charge in [-0.1, -0.05) is 50.6 Å². The summed E-state index contributed by atoms with van der Waals surface area (Å²) in [6.45, 7) is 9.74. The molecule has 1 aliphatic carbocycles. The highest BCUT2D eigenvalue weighted by Crippen LogP contribution is 2.48. The number of benzene rings is 1. The van der Waals surface area contributed by atoms with Crippen LogP contribution in [0, 0.1) is 5.92 Å². The van der Waals surface area contributed by atoms with Gasteiger partial charge in [0.2, 0.25) is 11.9 Å². The van der Waals surface area contributed by atoms with E-state index in [9.17, 15) is 4.79 Å². The number of nitrogens with zero attached hydrogens (tertiary/aromatic N) is 4. The molecule has 1 unspecified atom stereocenters. The van der Waals surface area contributed by atoms with E-state index in [0.29, 0.717) is 30.6 Å². The number of hydrogen-bond donors (Lipinski definition) is 1. The fourth-order valence-electron chi connectivity index (χ4n) is 6.50. The van der Waals surface area contributed by atoms with Gasteiger partial charge < -0.3 is 19.9 Å². The lowest BCUT2D eigenvalue weighted by molar-refractivity contribution is -0.140. The molecule has 4 atom stereocenters. The molecule has 2 fully saturated rings. The van der Waals surface area contributed by atoms with Crippen molar-refractivity contribution in [1.29, 1.82) is 0 Å². The van der Waals surface area contributed by atoms with Gasteiger partial charge in [-0.05, 0) is 76.1 Å². The van der Waals surface area contributed by atoms with E-state index >= 15 is 0 Å². The Kier molecular flexibility index (Phi) is 9.27. The molecule has 1 aromatic heterocycles. The lowest BCUT2D eigenvalue weighted by atomic mass is 9.78. The predicted molar refractivity (Wildman–Crippen MR) is 161 cm³/mol. The first-order chi connectivity index (χ1) is 19.3. The van der Waals surface area contributed by atoms with Crippen LogP contribution in [0.3, 0.4) is 0 Å². The number of hydrogen-bond acceptors (Lipinski definition) is 6. The molecule has 3 heterocycles. The third-order valence-corrected chi connectivity index (χ3v) is 10.3. The molecule has 7 nitrogen and oxygen atoms in total. The second-order valence-corrected chi connectivity index (χ2v) is 13.5. The maximum absolute atomic E-state index is 14.3. The molecule has 1 aromatic carbocycles. The largest absolute Gasteiger partial charge is 0.378 e. The Hall–Kier alpha value is -2.29. The summed E-state index contributed by atoms with van der Waals surface area (Å²) in [5.41, 5.74) is 3.32. The number of rotatable bonds is 8. The van der Waals surface area contributed by atoms with Gasteiger partial charge in [-0.3, -0.25) is 4.79 Å². The predicted octanol–water partition coefficient (Wildman–Crippen LogP) is 4.98. The van der Waals surface area contributed by atoms with E-state index in [0.717, 1.165) is 75.9 Å². The average Bonchev–Trinajstić information content (AvgIpc) is 2.97. The van der Waals surface area contributed by atoms with E-state index in [-0.39, 0.29) is 17.9 Å². The first kappa shape index (κ1) is 29.2. The van der Waals surface area contributed by atoms with E-state index in [1.165, 1.54) is 5.56 Å². The molecular weight excluding hydrogens is 514 g/mol. The van der Waals surface area contributed by atoms with Gasteiger partial charge in [0, 0.05) is 52.6 Å². The summed E-state index contributed by atoms with van der Waals surface area (Å²) in [4.78, 5) is 28.3. The first-order valence-electron chi connectivity index (χ1n) is 15.3. The van der Waals surface area contributed by atoms with Crippen molar-refractivity contribution in [2.24, 2.45) is 5.92 Å². The van der Waals surface area contributed by atoms with Gasteiger partial charge in [-0.2, -0.15) is 0 Å². The number of fused-ring (bicyclic) bond motifs is 1. The van der Waals surface area contributed by atoms with Gasteiger partial charge >= 0.3 is 0 Å². The summed E-state index contributed by atoms with van der Waals surface area (Å²) in [6, 6.07) is 10.9. The van der Waals surface area contributed by atoms with Crippen molar-refractivity contribution in [2.75, 3.05) is 32.1 Å². The van der Waals surface area contributed by atoms with Gasteiger partial charge in [-0.15, -0.1) is 0 Å². The fourth-order valence-corrected chi connectivity index (χ4v) is 7.01. The van der Waals surface area contributed by atoms with Crippen LogP contribution in [0.15, 0.2) is 36.5 Å². The van der Waals surface area contributed by atoms with Crippen LogP contribution < -0.4 is 5.32 Å². The molecule has 1 saturated carbocycles. The molecule has 3 radical (unpaired) electrons. The minimum absolute atomic E-state index is 0.0807. The van der Waals surface area contributed by atoms with Crippen molar-refractivity contribution in [3.8, 4) is 0 Å². The van der Waals surface area contributed by atoms with E-state index in [4.69, 9.17) is 9.72 Å². The van der Waals surface area contributed by atoms with Crippen LogP contribution in [-0.4, -0.2) is 80.8 Å². The smallest absolute Gasteiger partial charge is 0.226 e. The first-order valence-corrected chi connectivity index (χ1v) is 15.8. The maximum atomic E-state index is 14.3. The summed E-state index contributed by atoms with van der Waals surface area (Å²) < 4.78 is 6.15. The van der Waals surface area contributed by atoms with Gasteiger partial charge in [0.1, 0.15) is 0 Å². The lowest BCUT2D eigenvalue weighted by Crippen LogP contribution is -2.53. The number of amides is 1. The number of carbonyl (C=O) groups excluding carboxylic acids is 1. The van der Waals surface area contributed by atoms with Crippen LogP contribution in [0.4, 0.5) is 5.95 Å². The summed E-state index contributed by atoms with van der Waals surface area (Å²) in [5, 5.41) is 2.96. The number of anilines is 1. The standard InChI is InChI=1S/C32H46N5O2Si/c1-5-22(2)21-39-27-13-11-26(12-14-27)34-31-33-18-25-17-23(3)37(20-29(25)35-31)30(38)32(40)15-16-36(4)19-28(32)24-9-7-6-8-10-24/h6-10,18,22-23,26-28H,5,11-17,19-21H2,1-4H3,(H,33,34,35)/t22?,23-,26?,27?,28-,32+/m1/s1. The average molecular weight is 561 g/mol. The summed E-state index contributed by atoms with van der Waals surface area (Å²) in [5.74, 6) is 1.56. The second kappa shape index (κ2) is 12.7. The van der Waals surface area contributed by atoms with E-state index in [1.54, 1.807) is 0 Å². The molecule has 1 N–H and O–H groups in total. The Morgan fingerprint density at radius 2 is 1.98 bits per heavy atom. The van der Waals surface area contributed by atoms with E-state index in [2.05, 4.69) is 77.5 Å². The quantitative estimate of drug-likeness (QED) is 0.459. The zero-order valence-electron chi connectivity index (χ0n) is 24.7. The summed E-state index contributed by atoms with van der Waals surface area (Å²) in [6.07, 6.45) is 9.32. The lowest BCUT2D eigenvalue weighted by Gasteiger charge is -2.48. The van der Waals surface area contributed by atoms with E-state index < -0.39 is 5.04 Å². The van der Waals surface area contributed by atoms with Crippen LogP contribution in [0.2, 0.25) is 5.04 Å². The number of nitrogens with one attached hydrogen (secondary N) is 1. The third kappa shape index (κ3) is 6.44. The minimum atomic E-state index is -0.636. The van der Waals surface area contributed by atoms with Crippen LogP contribution in [-0.2, 0) is 22.5 Å². The molecular formula is C32H46N5O2Si. The van der Waals surface area contributed by atoms with Gasteiger partial charge in [0.15, 0.2) is 0 Å². The minimum Gasteiger partial charge on any atom is -0.378 e. The molecule has 0 spiro atoms. The third-order valence-electron chi connectivity index (χ3n) is 9.46. The van der Waals surface area contributed by atoms with Crippen molar-refractivity contribution in [2.45, 2.75) is 101 Å². The molecule has 2 aliphatic heterocycles. The van der Waals surface area contributed by atoms with Crippen molar-refractivity contribution in [3.05, 3.63) is 53.3 Å². The Balaban J connectivity index is 1.25. The second-order valence-electron chi connectivity index (χ2n) is 12.6. The topological polar surface area (TPSA) is 70.6 Å². The van der Waals surface area contributed by atoms with Gasteiger partial charge in [0.25, 0.3) is 0 Å². The molecule has 1 amide bonds. The van der Waals surface area contributed by atoms with Gasteiger partial charge in [0.05, 0.1) is 18.3 Å². The number of piperidine rings is 1. The molecule has 1 saturated heterocycles.